The van der Waals surface area contributed by atoms with E-state index in [0.29, 0.717) is 42.7 Å². The number of fused-ring (bicyclic) bond motifs is 1. The maximum absolute atomic E-state index is 13.4. The van der Waals surface area contributed by atoms with Crippen molar-refractivity contribution >= 4 is 23.2 Å². The number of carbonyl (C=O) groups excluding carboxylic acids is 2. The Balaban J connectivity index is 2.10. The minimum absolute atomic E-state index is 0.0167. The molecule has 1 amide bonds. The topological polar surface area (TPSA) is 131 Å². The summed E-state index contributed by atoms with van der Waals surface area (Å²) >= 11 is 0. The molecule has 0 aliphatic heterocycles. The van der Waals surface area contributed by atoms with Crippen molar-refractivity contribution < 1.29 is 14.0 Å². The Kier molecular flexibility index (Phi) is 5.98. The Labute approximate surface area is 180 Å². The highest BCUT2D eigenvalue weighted by Crippen LogP contribution is 2.38. The van der Waals surface area contributed by atoms with Crippen LogP contribution >= 0.6 is 0 Å². The molecule has 0 spiro atoms. The first-order chi connectivity index (χ1) is 14.5. The molecule has 9 heteroatoms. The van der Waals surface area contributed by atoms with E-state index in [1.807, 2.05) is 20.8 Å². The lowest BCUT2D eigenvalue weighted by atomic mass is 9.76. The van der Waals surface area contributed by atoms with E-state index in [-0.39, 0.29) is 35.0 Å². The van der Waals surface area contributed by atoms with Crippen molar-refractivity contribution in [1.82, 2.24) is 9.55 Å². The van der Waals surface area contributed by atoms with Gasteiger partial charge in [-0.25, -0.2) is 4.79 Å². The molecule has 0 atom stereocenters. The van der Waals surface area contributed by atoms with Crippen molar-refractivity contribution in [1.29, 1.82) is 0 Å². The van der Waals surface area contributed by atoms with Gasteiger partial charge < -0.3 is 10.2 Å². The summed E-state index contributed by atoms with van der Waals surface area (Å²) in [5, 5.41) is 0. The smallest absolute Gasteiger partial charge is 0.330 e. The van der Waals surface area contributed by atoms with E-state index in [1.54, 1.807) is 13.8 Å². The first-order valence-electron chi connectivity index (χ1n) is 10.6. The maximum Gasteiger partial charge on any atom is 0.330 e. The van der Waals surface area contributed by atoms with Gasteiger partial charge in [-0.3, -0.25) is 28.8 Å². The van der Waals surface area contributed by atoms with Gasteiger partial charge in [0.15, 0.2) is 17.2 Å². The van der Waals surface area contributed by atoms with E-state index in [9.17, 15) is 19.2 Å². The number of carbonyl (C=O) groups is 2. The second-order valence-corrected chi connectivity index (χ2v) is 8.84. The van der Waals surface area contributed by atoms with Crippen LogP contribution in [0.5, 0.6) is 0 Å². The molecule has 1 aliphatic carbocycles. The number of nitrogens with two attached hydrogens (primary N) is 1. The molecule has 3 rings (SSSR count). The van der Waals surface area contributed by atoms with Crippen LogP contribution in [-0.4, -0.2) is 27.8 Å². The lowest BCUT2D eigenvalue weighted by Gasteiger charge is -2.27. The van der Waals surface area contributed by atoms with Crippen molar-refractivity contribution in [2.24, 2.45) is 5.41 Å². The highest BCUT2D eigenvalue weighted by molar-refractivity contribution is 6.09. The van der Waals surface area contributed by atoms with E-state index < -0.39 is 17.2 Å². The van der Waals surface area contributed by atoms with Crippen LogP contribution in [0.25, 0.3) is 0 Å². The number of nitrogens with zero attached hydrogens (tertiary/aromatic N) is 2. The number of ketones is 1. The number of rotatable bonds is 6. The molecule has 0 fully saturated rings. The van der Waals surface area contributed by atoms with Crippen molar-refractivity contribution in [3.8, 4) is 0 Å². The number of aromatic nitrogens is 2. The summed E-state index contributed by atoms with van der Waals surface area (Å²) in [6.07, 6.45) is 2.44. The van der Waals surface area contributed by atoms with Gasteiger partial charge in [-0.1, -0.05) is 27.2 Å². The van der Waals surface area contributed by atoms with Crippen molar-refractivity contribution in [3.05, 3.63) is 43.5 Å². The molecular formula is C22H30N4O5. The number of unbranched alkanes of at least 4 members (excludes halogenated alkanes) is 1. The molecule has 3 N–H and O–H groups in total. The molecule has 0 saturated carbocycles. The second-order valence-electron chi connectivity index (χ2n) is 8.84. The average Bonchev–Trinajstić information content (AvgIpc) is 2.99. The number of hydrogen-bond acceptors (Lipinski definition) is 6. The predicted molar refractivity (Wildman–Crippen MR) is 118 cm³/mol. The molecule has 0 saturated heterocycles. The van der Waals surface area contributed by atoms with Crippen LogP contribution in [-0.2, 0) is 13.0 Å². The molecule has 0 unspecified atom stereocenters. The molecule has 0 bridgehead atoms. The van der Waals surface area contributed by atoms with E-state index >= 15 is 0 Å². The molecular weight excluding hydrogens is 400 g/mol. The minimum Gasteiger partial charge on any atom is -0.455 e. The Morgan fingerprint density at radius 1 is 1.23 bits per heavy atom. The standard InChI is InChI=1S/C22H30N4O5/c1-6-8-9-26-18(23)16(19(28)24-21(26)30)25(7-2)20(29)17-12(3)15-13(27)10-22(4,5)11-14(15)31-17/h6-11,23H2,1-5H3,(H,24,28,30). The van der Waals surface area contributed by atoms with Crippen molar-refractivity contribution in [3.63, 3.8) is 0 Å². The predicted octanol–water partition coefficient (Wildman–Crippen LogP) is 2.64. The molecule has 2 aromatic rings. The normalized spacial score (nSPS) is 15.1. The number of amides is 1. The summed E-state index contributed by atoms with van der Waals surface area (Å²) < 4.78 is 7.14. The fourth-order valence-corrected chi connectivity index (χ4v) is 4.19. The van der Waals surface area contributed by atoms with E-state index in [2.05, 4.69) is 4.98 Å². The van der Waals surface area contributed by atoms with Crippen LogP contribution in [0.4, 0.5) is 11.5 Å². The summed E-state index contributed by atoms with van der Waals surface area (Å²) in [5.41, 5.74) is 5.40. The Bertz CT molecular complexity index is 1150. The number of H-pyrrole nitrogens is 1. The summed E-state index contributed by atoms with van der Waals surface area (Å²) in [6, 6.07) is 0. The molecule has 168 valence electrons. The second kappa shape index (κ2) is 8.20. The zero-order valence-corrected chi connectivity index (χ0v) is 18.8. The van der Waals surface area contributed by atoms with E-state index in [1.165, 1.54) is 9.47 Å². The quantitative estimate of drug-likeness (QED) is 0.724. The SMILES string of the molecule is CCCCn1c(N)c(N(CC)C(=O)c2oc3c(c2C)C(=O)CC(C)(C)C3)c(=O)[nH]c1=O. The lowest BCUT2D eigenvalue weighted by Crippen LogP contribution is -2.41. The zero-order chi connectivity index (χ0) is 23.1. The summed E-state index contributed by atoms with van der Waals surface area (Å²) in [4.78, 5) is 54.4. The van der Waals surface area contributed by atoms with Gasteiger partial charge >= 0.3 is 5.69 Å². The molecule has 2 heterocycles. The number of Topliss-reactive ketones (excluding diaryl/α,β-unsaturated/α-hetero) is 1. The maximum atomic E-state index is 13.4. The van der Waals surface area contributed by atoms with Gasteiger partial charge in [0.1, 0.15) is 11.6 Å². The van der Waals surface area contributed by atoms with Gasteiger partial charge in [0.05, 0.1) is 5.56 Å². The van der Waals surface area contributed by atoms with Crippen LogP contribution < -0.4 is 21.9 Å². The fourth-order valence-electron chi connectivity index (χ4n) is 4.19. The first-order valence-corrected chi connectivity index (χ1v) is 10.6. The van der Waals surface area contributed by atoms with Crippen LogP contribution in [0.1, 0.15) is 79.2 Å². The number of furan rings is 1. The summed E-state index contributed by atoms with van der Waals surface area (Å²) in [7, 11) is 0. The third-order valence-electron chi connectivity index (χ3n) is 5.75. The highest BCUT2D eigenvalue weighted by atomic mass is 16.4. The van der Waals surface area contributed by atoms with Crippen LogP contribution in [0, 0.1) is 12.3 Å². The average molecular weight is 431 g/mol. The fraction of sp³-hybridized carbons (Fsp3) is 0.545. The minimum atomic E-state index is -0.739. The van der Waals surface area contributed by atoms with Gasteiger partial charge in [-0.2, -0.15) is 0 Å². The van der Waals surface area contributed by atoms with Crippen molar-refractivity contribution in [2.75, 3.05) is 17.2 Å². The third-order valence-corrected chi connectivity index (χ3v) is 5.75. The first kappa shape index (κ1) is 22.6. The Morgan fingerprint density at radius 3 is 2.52 bits per heavy atom. The number of aromatic amines is 1. The van der Waals surface area contributed by atoms with Gasteiger partial charge in [0, 0.05) is 31.5 Å². The monoisotopic (exact) mass is 430 g/mol. The molecule has 9 nitrogen and oxygen atoms in total. The zero-order valence-electron chi connectivity index (χ0n) is 18.8. The largest absolute Gasteiger partial charge is 0.455 e. The number of nitrogen functional groups attached to an aromatic ring is 1. The van der Waals surface area contributed by atoms with Gasteiger partial charge in [0.25, 0.3) is 11.5 Å². The molecule has 31 heavy (non-hydrogen) atoms. The van der Waals surface area contributed by atoms with Crippen LogP contribution in [0.15, 0.2) is 14.0 Å². The number of anilines is 2. The van der Waals surface area contributed by atoms with Crippen LogP contribution in [0.2, 0.25) is 0 Å². The lowest BCUT2D eigenvalue weighted by molar-refractivity contribution is 0.0896. The van der Waals surface area contributed by atoms with Crippen molar-refractivity contribution in [2.45, 2.75) is 66.8 Å². The third kappa shape index (κ3) is 3.96. The molecule has 0 radical (unpaired) electrons. The summed E-state index contributed by atoms with van der Waals surface area (Å²) in [6.45, 7) is 9.76. The molecule has 2 aromatic heterocycles. The van der Waals surface area contributed by atoms with E-state index in [0.717, 1.165) is 6.42 Å². The highest BCUT2D eigenvalue weighted by Gasteiger charge is 2.38. The van der Waals surface area contributed by atoms with Gasteiger partial charge in [-0.05, 0) is 25.7 Å². The number of hydrogen-bond donors (Lipinski definition) is 2. The van der Waals surface area contributed by atoms with E-state index in [4.69, 9.17) is 10.2 Å². The van der Waals surface area contributed by atoms with Gasteiger partial charge in [0.2, 0.25) is 0 Å². The summed E-state index contributed by atoms with van der Waals surface area (Å²) in [5.74, 6) is -0.183. The van der Waals surface area contributed by atoms with Gasteiger partial charge in [-0.15, -0.1) is 0 Å². The molecule has 1 aliphatic rings. The van der Waals surface area contributed by atoms with Crippen LogP contribution in [0.3, 0.4) is 0 Å². The number of nitrogens with one attached hydrogen (secondary N) is 1. The Morgan fingerprint density at radius 2 is 1.90 bits per heavy atom. The Hall–Kier alpha value is -3.10. The molecule has 0 aromatic carbocycles.